The molecule has 4 nitrogen and oxygen atoms in total. The fourth-order valence-electron chi connectivity index (χ4n) is 1.64. The van der Waals surface area contributed by atoms with Crippen molar-refractivity contribution in [3.8, 4) is 10.6 Å². The van der Waals surface area contributed by atoms with Crippen molar-refractivity contribution in [3.05, 3.63) is 34.8 Å². The van der Waals surface area contributed by atoms with E-state index in [1.807, 2.05) is 11.4 Å². The van der Waals surface area contributed by atoms with Gasteiger partial charge in [0.25, 0.3) is 0 Å². The van der Waals surface area contributed by atoms with Crippen LogP contribution in [-0.2, 0) is 0 Å². The molecule has 0 aliphatic carbocycles. The third-order valence-electron chi connectivity index (χ3n) is 2.31. The van der Waals surface area contributed by atoms with Gasteiger partial charge in [0, 0.05) is 28.7 Å². The fourth-order valence-corrected chi connectivity index (χ4v) is 3.39. The molecule has 1 N–H and O–H groups in total. The van der Waals surface area contributed by atoms with E-state index >= 15 is 0 Å². The lowest BCUT2D eigenvalue weighted by Gasteiger charge is -1.95. The molecule has 0 aliphatic rings. The zero-order valence-electron chi connectivity index (χ0n) is 8.45. The van der Waals surface area contributed by atoms with E-state index in [9.17, 15) is 9.90 Å². The first-order chi connectivity index (χ1) is 8.27. The summed E-state index contributed by atoms with van der Waals surface area (Å²) in [5.41, 5.74) is 0.681. The molecule has 3 rings (SSSR count). The Labute approximate surface area is 104 Å². The summed E-state index contributed by atoms with van der Waals surface area (Å²) in [6.07, 6.45) is 3.33. The van der Waals surface area contributed by atoms with Gasteiger partial charge in [-0.1, -0.05) is 0 Å². The van der Waals surface area contributed by atoms with Crippen molar-refractivity contribution in [1.82, 2.24) is 9.97 Å². The average Bonchev–Trinajstić information content (AvgIpc) is 2.94. The van der Waals surface area contributed by atoms with Crippen LogP contribution in [0.1, 0.15) is 9.67 Å². The number of rotatable bonds is 2. The lowest BCUT2D eigenvalue weighted by Crippen LogP contribution is -1.94. The van der Waals surface area contributed by atoms with Crippen LogP contribution in [0.3, 0.4) is 0 Å². The summed E-state index contributed by atoms with van der Waals surface area (Å²) < 4.78 is 0. The molecule has 3 aromatic heterocycles. The van der Waals surface area contributed by atoms with Crippen LogP contribution in [-0.4, -0.2) is 21.0 Å². The molecule has 0 saturated heterocycles. The van der Waals surface area contributed by atoms with Gasteiger partial charge in [-0.25, -0.2) is 14.8 Å². The molecule has 0 amide bonds. The first-order valence-corrected chi connectivity index (χ1v) is 6.47. The van der Waals surface area contributed by atoms with Gasteiger partial charge < -0.3 is 5.11 Å². The Morgan fingerprint density at radius 2 is 2.18 bits per heavy atom. The standard InChI is InChI=1S/C11H6N2O2S2/c14-11(15)8-7(10-13-4-5-16-10)6-2-1-3-12-9(6)17-8/h1-5H,(H,14,15). The number of aromatic carboxylic acids is 1. The predicted molar refractivity (Wildman–Crippen MR) is 67.7 cm³/mol. The highest BCUT2D eigenvalue weighted by Gasteiger charge is 2.20. The molecule has 0 fully saturated rings. The van der Waals surface area contributed by atoms with E-state index in [-0.39, 0.29) is 0 Å². The van der Waals surface area contributed by atoms with Crippen LogP contribution in [0.5, 0.6) is 0 Å². The maximum atomic E-state index is 11.2. The molecule has 17 heavy (non-hydrogen) atoms. The number of nitrogens with zero attached hydrogens (tertiary/aromatic N) is 2. The Kier molecular flexibility index (Phi) is 2.38. The summed E-state index contributed by atoms with van der Waals surface area (Å²) in [4.78, 5) is 20.7. The number of hydrogen-bond acceptors (Lipinski definition) is 5. The van der Waals surface area contributed by atoms with Crippen LogP contribution in [0.15, 0.2) is 29.9 Å². The Morgan fingerprint density at radius 3 is 2.88 bits per heavy atom. The monoisotopic (exact) mass is 262 g/mol. The molecule has 0 aromatic carbocycles. The molecule has 0 aliphatic heterocycles. The lowest BCUT2D eigenvalue weighted by atomic mass is 10.2. The van der Waals surface area contributed by atoms with Crippen molar-refractivity contribution in [2.75, 3.05) is 0 Å². The first kappa shape index (κ1) is 10.4. The number of thiazole rings is 1. The van der Waals surface area contributed by atoms with Gasteiger partial charge in [0.05, 0.1) is 0 Å². The smallest absolute Gasteiger partial charge is 0.346 e. The van der Waals surface area contributed by atoms with Gasteiger partial charge in [0.15, 0.2) is 0 Å². The van der Waals surface area contributed by atoms with E-state index in [4.69, 9.17) is 0 Å². The minimum Gasteiger partial charge on any atom is -0.477 e. The maximum Gasteiger partial charge on any atom is 0.346 e. The molecule has 0 saturated carbocycles. The molecule has 0 bridgehead atoms. The SMILES string of the molecule is O=C(O)c1sc2ncccc2c1-c1nccs1. The van der Waals surface area contributed by atoms with Gasteiger partial charge in [-0.05, 0) is 12.1 Å². The summed E-state index contributed by atoms with van der Waals surface area (Å²) in [5.74, 6) is -0.932. The van der Waals surface area contributed by atoms with Gasteiger partial charge in [0.1, 0.15) is 14.7 Å². The van der Waals surface area contributed by atoms with Gasteiger partial charge in [-0.15, -0.1) is 22.7 Å². The fraction of sp³-hybridized carbons (Fsp3) is 0. The van der Waals surface area contributed by atoms with Crippen LogP contribution >= 0.6 is 22.7 Å². The number of fused-ring (bicyclic) bond motifs is 1. The van der Waals surface area contributed by atoms with E-state index in [1.54, 1.807) is 18.5 Å². The molecule has 84 valence electrons. The number of pyridine rings is 1. The van der Waals surface area contributed by atoms with Crippen LogP contribution in [0, 0.1) is 0 Å². The molecule has 3 heterocycles. The highest BCUT2D eigenvalue weighted by Crippen LogP contribution is 2.38. The highest BCUT2D eigenvalue weighted by molar-refractivity contribution is 7.21. The number of thiophene rings is 1. The minimum atomic E-state index is -0.932. The molecular formula is C11H6N2O2S2. The summed E-state index contributed by atoms with van der Waals surface area (Å²) in [7, 11) is 0. The van der Waals surface area contributed by atoms with E-state index < -0.39 is 5.97 Å². The number of carboxylic acid groups (broad SMARTS) is 1. The van der Waals surface area contributed by atoms with Crippen LogP contribution in [0.4, 0.5) is 0 Å². The Bertz CT molecular complexity index is 689. The van der Waals surface area contributed by atoms with Crippen molar-refractivity contribution in [2.45, 2.75) is 0 Å². The number of hydrogen-bond donors (Lipinski definition) is 1. The predicted octanol–water partition coefficient (Wildman–Crippen LogP) is 3.12. The van der Waals surface area contributed by atoms with Crippen molar-refractivity contribution >= 4 is 38.9 Å². The normalized spacial score (nSPS) is 10.8. The van der Waals surface area contributed by atoms with Crippen molar-refractivity contribution in [3.63, 3.8) is 0 Å². The average molecular weight is 262 g/mol. The van der Waals surface area contributed by atoms with E-state index in [1.165, 1.54) is 22.7 Å². The number of carboxylic acids is 1. The van der Waals surface area contributed by atoms with Crippen molar-refractivity contribution in [2.24, 2.45) is 0 Å². The van der Waals surface area contributed by atoms with Gasteiger partial charge in [-0.2, -0.15) is 0 Å². The zero-order valence-corrected chi connectivity index (χ0v) is 10.1. The second-order valence-electron chi connectivity index (χ2n) is 3.30. The van der Waals surface area contributed by atoms with E-state index in [0.717, 1.165) is 15.2 Å². The van der Waals surface area contributed by atoms with Gasteiger partial charge in [-0.3, -0.25) is 0 Å². The van der Waals surface area contributed by atoms with Gasteiger partial charge >= 0.3 is 5.97 Å². The zero-order chi connectivity index (χ0) is 11.8. The summed E-state index contributed by atoms with van der Waals surface area (Å²) >= 11 is 2.62. The molecular weight excluding hydrogens is 256 g/mol. The van der Waals surface area contributed by atoms with Crippen LogP contribution < -0.4 is 0 Å². The number of aromatic nitrogens is 2. The largest absolute Gasteiger partial charge is 0.477 e. The topological polar surface area (TPSA) is 63.1 Å². The second-order valence-corrected chi connectivity index (χ2v) is 5.20. The number of carbonyl (C=O) groups is 1. The summed E-state index contributed by atoms with van der Waals surface area (Å²) in [5, 5.41) is 12.6. The van der Waals surface area contributed by atoms with Crippen molar-refractivity contribution in [1.29, 1.82) is 0 Å². The highest BCUT2D eigenvalue weighted by atomic mass is 32.1. The summed E-state index contributed by atoms with van der Waals surface area (Å²) in [6, 6.07) is 3.68. The molecule has 0 spiro atoms. The maximum absolute atomic E-state index is 11.2. The molecule has 6 heteroatoms. The molecule has 3 aromatic rings. The molecule has 0 atom stereocenters. The molecule has 0 unspecified atom stereocenters. The molecule has 0 radical (unpaired) electrons. The lowest BCUT2D eigenvalue weighted by molar-refractivity contribution is 0.0703. The van der Waals surface area contributed by atoms with Crippen molar-refractivity contribution < 1.29 is 9.90 Å². The quantitative estimate of drug-likeness (QED) is 0.770. The van der Waals surface area contributed by atoms with E-state index in [0.29, 0.717) is 10.4 Å². The van der Waals surface area contributed by atoms with E-state index in [2.05, 4.69) is 9.97 Å². The Balaban J connectivity index is 2.40. The third kappa shape index (κ3) is 1.62. The minimum absolute atomic E-state index is 0.300. The van der Waals surface area contributed by atoms with Crippen LogP contribution in [0.25, 0.3) is 20.8 Å². The van der Waals surface area contributed by atoms with Gasteiger partial charge in [0.2, 0.25) is 0 Å². The Hall–Kier alpha value is -1.79. The third-order valence-corrected chi connectivity index (χ3v) is 4.20. The summed E-state index contributed by atoms with van der Waals surface area (Å²) in [6.45, 7) is 0. The Morgan fingerprint density at radius 1 is 1.29 bits per heavy atom. The second kappa shape index (κ2) is 3.90. The first-order valence-electron chi connectivity index (χ1n) is 4.78. The van der Waals surface area contributed by atoms with Crippen LogP contribution in [0.2, 0.25) is 0 Å².